The second-order valence-corrected chi connectivity index (χ2v) is 5.85. The van der Waals surface area contributed by atoms with E-state index in [1.807, 2.05) is 0 Å². The second kappa shape index (κ2) is 6.44. The molecule has 0 fully saturated rings. The molecule has 0 aliphatic carbocycles. The normalized spacial score (nSPS) is 12.8. The summed E-state index contributed by atoms with van der Waals surface area (Å²) in [6, 6.07) is 3.84. The number of nitrogens with one attached hydrogen (secondary N) is 1. The predicted octanol–water partition coefficient (Wildman–Crippen LogP) is 0.877. The number of carboxylic acids is 1. The molecule has 0 amide bonds. The summed E-state index contributed by atoms with van der Waals surface area (Å²) in [7, 11) is -3.82. The van der Waals surface area contributed by atoms with Crippen molar-refractivity contribution in [1.82, 2.24) is 4.72 Å². The lowest BCUT2D eigenvalue weighted by molar-refractivity contribution is -0.384. The molecular formula is C11H14N2O6S. The van der Waals surface area contributed by atoms with E-state index in [0.29, 0.717) is 5.56 Å². The Morgan fingerprint density at radius 2 is 1.95 bits per heavy atom. The van der Waals surface area contributed by atoms with Gasteiger partial charge in [0.15, 0.2) is 0 Å². The molecule has 110 valence electrons. The van der Waals surface area contributed by atoms with Crippen LogP contribution in [0.15, 0.2) is 24.3 Å². The largest absolute Gasteiger partial charge is 0.480 e. The van der Waals surface area contributed by atoms with Crippen LogP contribution in [-0.2, 0) is 20.6 Å². The number of nitrogens with zero attached hydrogens (tertiary/aromatic N) is 1. The summed E-state index contributed by atoms with van der Waals surface area (Å²) in [6.45, 7) is 1.55. The molecule has 1 aromatic carbocycles. The first-order chi connectivity index (χ1) is 9.25. The minimum Gasteiger partial charge on any atom is -0.480 e. The molecule has 9 heteroatoms. The zero-order chi connectivity index (χ0) is 15.3. The van der Waals surface area contributed by atoms with Crippen molar-refractivity contribution in [3.05, 3.63) is 39.9 Å². The van der Waals surface area contributed by atoms with E-state index in [4.69, 9.17) is 5.11 Å². The Labute approximate surface area is 115 Å². The van der Waals surface area contributed by atoms with Crippen LogP contribution in [0.1, 0.15) is 18.9 Å². The molecule has 1 aromatic rings. The molecule has 1 rings (SSSR count). The van der Waals surface area contributed by atoms with Crippen LogP contribution in [0.5, 0.6) is 0 Å². The Balaban J connectivity index is 2.80. The quantitative estimate of drug-likeness (QED) is 0.568. The molecular weight excluding hydrogens is 288 g/mol. The van der Waals surface area contributed by atoms with Gasteiger partial charge < -0.3 is 5.11 Å². The van der Waals surface area contributed by atoms with Crippen molar-refractivity contribution in [2.75, 3.05) is 0 Å². The number of aliphatic carboxylic acids is 1. The lowest BCUT2D eigenvalue weighted by Gasteiger charge is -2.12. The highest BCUT2D eigenvalue weighted by atomic mass is 32.2. The topological polar surface area (TPSA) is 127 Å². The first-order valence-electron chi connectivity index (χ1n) is 5.71. The fourth-order valence-electron chi connectivity index (χ4n) is 1.50. The van der Waals surface area contributed by atoms with E-state index >= 15 is 0 Å². The van der Waals surface area contributed by atoms with Crippen molar-refractivity contribution in [1.29, 1.82) is 0 Å². The van der Waals surface area contributed by atoms with Crippen LogP contribution < -0.4 is 4.72 Å². The van der Waals surface area contributed by atoms with Gasteiger partial charge in [-0.25, -0.2) is 13.1 Å². The summed E-state index contributed by atoms with van der Waals surface area (Å²) in [5.74, 6) is -1.69. The van der Waals surface area contributed by atoms with Crippen LogP contribution in [0.4, 0.5) is 5.69 Å². The van der Waals surface area contributed by atoms with E-state index in [-0.39, 0.29) is 12.1 Å². The Morgan fingerprint density at radius 1 is 1.40 bits per heavy atom. The third-order valence-corrected chi connectivity index (χ3v) is 3.89. The molecule has 0 bridgehead atoms. The SMILES string of the molecule is CCC(NS(=O)(=O)Cc1ccc([N+](=O)[O-])cc1)C(=O)O. The molecule has 0 saturated carbocycles. The highest BCUT2D eigenvalue weighted by Crippen LogP contribution is 2.14. The number of hydrogen-bond donors (Lipinski definition) is 2. The zero-order valence-electron chi connectivity index (χ0n) is 10.6. The summed E-state index contributed by atoms with van der Waals surface area (Å²) in [5, 5.41) is 19.3. The number of non-ortho nitro benzene ring substituents is 1. The fraction of sp³-hybridized carbons (Fsp3) is 0.364. The van der Waals surface area contributed by atoms with Crippen molar-refractivity contribution in [3.63, 3.8) is 0 Å². The number of carbonyl (C=O) groups is 1. The van der Waals surface area contributed by atoms with E-state index in [1.165, 1.54) is 24.3 Å². The average Bonchev–Trinajstić information content (AvgIpc) is 2.35. The summed E-state index contributed by atoms with van der Waals surface area (Å²) in [4.78, 5) is 20.7. The number of nitro benzene ring substituents is 1. The number of hydrogen-bond acceptors (Lipinski definition) is 5. The molecule has 1 atom stereocenters. The summed E-state index contributed by atoms with van der Waals surface area (Å²) >= 11 is 0. The van der Waals surface area contributed by atoms with Gasteiger partial charge in [-0.15, -0.1) is 0 Å². The van der Waals surface area contributed by atoms with Crippen molar-refractivity contribution in [2.45, 2.75) is 25.1 Å². The van der Waals surface area contributed by atoms with Crippen molar-refractivity contribution < 1.29 is 23.2 Å². The van der Waals surface area contributed by atoms with Crippen molar-refractivity contribution in [3.8, 4) is 0 Å². The molecule has 0 aliphatic rings. The number of nitro groups is 1. The Bertz CT molecular complexity index is 596. The summed E-state index contributed by atoms with van der Waals surface area (Å²) < 4.78 is 25.6. The molecule has 8 nitrogen and oxygen atoms in total. The maximum absolute atomic E-state index is 11.8. The van der Waals surface area contributed by atoms with Gasteiger partial charge in [-0.05, 0) is 12.0 Å². The Morgan fingerprint density at radius 3 is 2.35 bits per heavy atom. The molecule has 0 saturated heterocycles. The maximum Gasteiger partial charge on any atom is 0.321 e. The van der Waals surface area contributed by atoms with Crippen LogP contribution >= 0.6 is 0 Å². The van der Waals surface area contributed by atoms with Gasteiger partial charge in [0, 0.05) is 12.1 Å². The van der Waals surface area contributed by atoms with Gasteiger partial charge in [-0.1, -0.05) is 19.1 Å². The molecule has 2 N–H and O–H groups in total. The first kappa shape index (κ1) is 16.1. The Hall–Kier alpha value is -2.00. The minimum absolute atomic E-state index is 0.120. The molecule has 0 radical (unpaired) electrons. The van der Waals surface area contributed by atoms with Crippen LogP contribution in [0.3, 0.4) is 0 Å². The van der Waals surface area contributed by atoms with Crippen LogP contribution in [0, 0.1) is 10.1 Å². The maximum atomic E-state index is 11.8. The molecule has 20 heavy (non-hydrogen) atoms. The average molecular weight is 302 g/mol. The standard InChI is InChI=1S/C11H14N2O6S/c1-2-10(11(14)15)12-20(18,19)7-8-3-5-9(6-4-8)13(16)17/h3-6,10,12H,2,7H2,1H3,(H,14,15). The van der Waals surface area contributed by atoms with Gasteiger partial charge in [0.05, 0.1) is 10.7 Å². The fourth-order valence-corrected chi connectivity index (χ4v) is 2.92. The number of rotatable bonds is 7. The molecule has 1 unspecified atom stereocenters. The van der Waals surface area contributed by atoms with E-state index < -0.39 is 32.7 Å². The van der Waals surface area contributed by atoms with Crippen LogP contribution in [-0.4, -0.2) is 30.5 Å². The molecule has 0 aliphatic heterocycles. The summed E-state index contributed by atoms with van der Waals surface area (Å²) in [6.07, 6.45) is 0.120. The number of benzene rings is 1. The summed E-state index contributed by atoms with van der Waals surface area (Å²) in [5.41, 5.74) is 0.194. The predicted molar refractivity (Wildman–Crippen MR) is 70.6 cm³/mol. The van der Waals surface area contributed by atoms with Gasteiger partial charge in [-0.2, -0.15) is 0 Å². The molecule has 0 aromatic heterocycles. The lowest BCUT2D eigenvalue weighted by atomic mass is 10.2. The van der Waals surface area contributed by atoms with E-state index in [1.54, 1.807) is 6.92 Å². The zero-order valence-corrected chi connectivity index (χ0v) is 11.5. The van der Waals surface area contributed by atoms with E-state index in [2.05, 4.69) is 4.72 Å². The smallest absolute Gasteiger partial charge is 0.321 e. The molecule has 0 spiro atoms. The van der Waals surface area contributed by atoms with Gasteiger partial charge in [0.1, 0.15) is 6.04 Å². The van der Waals surface area contributed by atoms with Gasteiger partial charge in [0.25, 0.3) is 5.69 Å². The van der Waals surface area contributed by atoms with Gasteiger partial charge >= 0.3 is 5.97 Å². The third-order valence-electron chi connectivity index (χ3n) is 2.53. The van der Waals surface area contributed by atoms with Crippen molar-refractivity contribution in [2.24, 2.45) is 0 Å². The lowest BCUT2D eigenvalue weighted by Crippen LogP contribution is -2.40. The van der Waals surface area contributed by atoms with Gasteiger partial charge in [0.2, 0.25) is 10.0 Å². The van der Waals surface area contributed by atoms with Crippen LogP contribution in [0.25, 0.3) is 0 Å². The minimum atomic E-state index is -3.82. The highest BCUT2D eigenvalue weighted by Gasteiger charge is 2.22. The Kier molecular flexibility index (Phi) is 5.17. The highest BCUT2D eigenvalue weighted by molar-refractivity contribution is 7.88. The second-order valence-electron chi connectivity index (χ2n) is 4.10. The van der Waals surface area contributed by atoms with Gasteiger partial charge in [-0.3, -0.25) is 14.9 Å². The number of carboxylic acid groups (broad SMARTS) is 1. The first-order valence-corrected chi connectivity index (χ1v) is 7.36. The molecule has 0 heterocycles. The monoisotopic (exact) mass is 302 g/mol. The third kappa shape index (κ3) is 4.59. The van der Waals surface area contributed by atoms with Crippen LogP contribution in [0.2, 0.25) is 0 Å². The van der Waals surface area contributed by atoms with E-state index in [9.17, 15) is 23.3 Å². The number of sulfonamides is 1. The van der Waals surface area contributed by atoms with Crippen molar-refractivity contribution >= 4 is 21.7 Å². The van der Waals surface area contributed by atoms with E-state index in [0.717, 1.165) is 0 Å².